The van der Waals surface area contributed by atoms with Gasteiger partial charge in [0.25, 0.3) is 0 Å². The van der Waals surface area contributed by atoms with E-state index in [1.54, 1.807) is 12.1 Å². The first-order valence-corrected chi connectivity index (χ1v) is 6.62. The van der Waals surface area contributed by atoms with Crippen LogP contribution in [-0.2, 0) is 6.42 Å². The molecule has 0 radical (unpaired) electrons. The molecule has 0 saturated heterocycles. The van der Waals surface area contributed by atoms with Crippen molar-refractivity contribution in [3.8, 4) is 5.75 Å². The summed E-state index contributed by atoms with van der Waals surface area (Å²) in [7, 11) is 0. The average Bonchev–Trinajstić information content (AvgIpc) is 2.82. The number of hydrogen-bond acceptors (Lipinski definition) is 1. The molecule has 0 amide bonds. The maximum absolute atomic E-state index is 9.43. The summed E-state index contributed by atoms with van der Waals surface area (Å²) < 4.78 is 0. The van der Waals surface area contributed by atoms with Crippen LogP contribution in [0.1, 0.15) is 22.6 Å². The molecule has 0 saturated carbocycles. The van der Waals surface area contributed by atoms with E-state index in [9.17, 15) is 5.11 Å². The quantitative estimate of drug-likeness (QED) is 0.681. The fraction of sp³-hybridized carbons (Fsp3) is 0.111. The predicted molar refractivity (Wildman–Crippen MR) is 77.6 cm³/mol. The molecule has 4 rings (SSSR count). The maximum atomic E-state index is 9.43. The van der Waals surface area contributed by atoms with Crippen molar-refractivity contribution in [1.29, 1.82) is 0 Å². The third-order valence-corrected chi connectivity index (χ3v) is 4.12. The van der Waals surface area contributed by atoms with Crippen LogP contribution in [0, 0.1) is 0 Å². The minimum Gasteiger partial charge on any atom is -0.508 e. The summed E-state index contributed by atoms with van der Waals surface area (Å²) >= 11 is 0. The van der Waals surface area contributed by atoms with Crippen LogP contribution in [0.4, 0.5) is 0 Å². The third kappa shape index (κ3) is 1.55. The fourth-order valence-corrected chi connectivity index (χ4v) is 3.24. The molecule has 92 valence electrons. The van der Waals surface area contributed by atoms with E-state index in [1.807, 2.05) is 12.1 Å². The molecular weight excluding hydrogens is 232 g/mol. The lowest BCUT2D eigenvalue weighted by molar-refractivity contribution is 0.475. The first-order chi connectivity index (χ1) is 9.33. The summed E-state index contributed by atoms with van der Waals surface area (Å²) in [5.74, 6) is 0.749. The largest absolute Gasteiger partial charge is 0.508 e. The van der Waals surface area contributed by atoms with Gasteiger partial charge in [0.15, 0.2) is 0 Å². The zero-order chi connectivity index (χ0) is 12.8. The van der Waals surface area contributed by atoms with Crippen LogP contribution in [0.5, 0.6) is 5.75 Å². The van der Waals surface area contributed by atoms with Crippen molar-refractivity contribution < 1.29 is 5.11 Å². The van der Waals surface area contributed by atoms with Gasteiger partial charge in [0.2, 0.25) is 0 Å². The molecule has 19 heavy (non-hydrogen) atoms. The highest BCUT2D eigenvalue weighted by Gasteiger charge is 2.25. The van der Waals surface area contributed by atoms with Gasteiger partial charge in [-0.1, -0.05) is 48.5 Å². The fourth-order valence-electron chi connectivity index (χ4n) is 3.24. The first kappa shape index (κ1) is 10.6. The van der Waals surface area contributed by atoms with Crippen LogP contribution >= 0.6 is 0 Å². The van der Waals surface area contributed by atoms with Crippen LogP contribution in [0.25, 0.3) is 10.8 Å². The highest BCUT2D eigenvalue weighted by Crippen LogP contribution is 2.41. The molecule has 0 heterocycles. The topological polar surface area (TPSA) is 20.2 Å². The molecule has 1 heteroatoms. The van der Waals surface area contributed by atoms with Crippen molar-refractivity contribution in [2.45, 2.75) is 12.3 Å². The lowest BCUT2D eigenvalue weighted by Crippen LogP contribution is -1.98. The van der Waals surface area contributed by atoms with E-state index in [4.69, 9.17) is 0 Å². The Morgan fingerprint density at radius 3 is 2.37 bits per heavy atom. The Hall–Kier alpha value is -2.28. The van der Waals surface area contributed by atoms with Crippen LogP contribution in [0.15, 0.2) is 60.7 Å². The summed E-state index contributed by atoms with van der Waals surface area (Å²) in [5, 5.41) is 12.2. The van der Waals surface area contributed by atoms with Crippen LogP contribution in [0.3, 0.4) is 0 Å². The van der Waals surface area contributed by atoms with Gasteiger partial charge in [0.1, 0.15) is 5.75 Å². The van der Waals surface area contributed by atoms with Crippen LogP contribution in [-0.4, -0.2) is 5.11 Å². The minimum atomic E-state index is 0.331. The smallest absolute Gasteiger partial charge is 0.115 e. The highest BCUT2D eigenvalue weighted by atomic mass is 16.3. The van der Waals surface area contributed by atoms with Crippen molar-refractivity contribution in [2.75, 3.05) is 0 Å². The Labute approximate surface area is 112 Å². The Balaban J connectivity index is 1.92. The number of benzene rings is 3. The third-order valence-electron chi connectivity index (χ3n) is 4.12. The van der Waals surface area contributed by atoms with E-state index >= 15 is 0 Å². The number of rotatable bonds is 1. The van der Waals surface area contributed by atoms with Gasteiger partial charge < -0.3 is 5.11 Å². The Morgan fingerprint density at radius 2 is 1.58 bits per heavy atom. The van der Waals surface area contributed by atoms with Crippen molar-refractivity contribution in [1.82, 2.24) is 0 Å². The van der Waals surface area contributed by atoms with Crippen molar-refractivity contribution in [3.05, 3.63) is 77.4 Å². The monoisotopic (exact) mass is 246 g/mol. The maximum Gasteiger partial charge on any atom is 0.115 e. The lowest BCUT2D eigenvalue weighted by Gasteiger charge is -2.12. The lowest BCUT2D eigenvalue weighted by atomic mass is 9.92. The van der Waals surface area contributed by atoms with E-state index < -0.39 is 0 Å². The number of hydrogen-bond donors (Lipinski definition) is 1. The molecule has 3 aromatic carbocycles. The van der Waals surface area contributed by atoms with Gasteiger partial charge in [-0.25, -0.2) is 0 Å². The Morgan fingerprint density at radius 1 is 0.842 bits per heavy atom. The molecule has 0 unspecified atom stereocenters. The molecule has 0 aromatic heterocycles. The van der Waals surface area contributed by atoms with Crippen molar-refractivity contribution in [2.24, 2.45) is 0 Å². The molecule has 1 atom stereocenters. The summed E-state index contributed by atoms with van der Waals surface area (Å²) in [5.41, 5.74) is 4.13. The first-order valence-electron chi connectivity index (χ1n) is 6.62. The molecule has 1 aliphatic rings. The minimum absolute atomic E-state index is 0.331. The second-order valence-electron chi connectivity index (χ2n) is 5.21. The zero-order valence-corrected chi connectivity index (χ0v) is 10.5. The summed E-state index contributed by atoms with van der Waals surface area (Å²) in [6.45, 7) is 0. The standard InChI is InChI=1S/C18H14O/c19-15-9-7-12(8-10-15)17-11-14-5-1-3-13-4-2-6-16(17)18(13)14/h1-10,17,19H,11H2/t17-/m1/s1. The van der Waals surface area contributed by atoms with E-state index in [2.05, 4.69) is 36.4 Å². The zero-order valence-electron chi connectivity index (χ0n) is 10.5. The molecule has 1 aliphatic carbocycles. The normalized spacial score (nSPS) is 16.9. The van der Waals surface area contributed by atoms with Gasteiger partial charge >= 0.3 is 0 Å². The van der Waals surface area contributed by atoms with Gasteiger partial charge in [0, 0.05) is 5.92 Å². The van der Waals surface area contributed by atoms with Crippen LogP contribution in [0.2, 0.25) is 0 Å². The molecule has 0 spiro atoms. The molecule has 0 fully saturated rings. The molecule has 3 aromatic rings. The molecule has 1 nitrogen and oxygen atoms in total. The SMILES string of the molecule is Oc1ccc([C@H]2Cc3cccc4cccc2c34)cc1. The van der Waals surface area contributed by atoms with E-state index in [0.717, 1.165) is 6.42 Å². The molecule has 0 bridgehead atoms. The highest BCUT2D eigenvalue weighted by molar-refractivity contribution is 5.92. The van der Waals surface area contributed by atoms with E-state index in [0.29, 0.717) is 11.7 Å². The summed E-state index contributed by atoms with van der Waals surface area (Å²) in [6, 6.07) is 20.7. The van der Waals surface area contributed by atoms with Crippen molar-refractivity contribution in [3.63, 3.8) is 0 Å². The van der Waals surface area contributed by atoms with E-state index in [1.165, 1.54) is 27.5 Å². The average molecular weight is 246 g/mol. The van der Waals surface area contributed by atoms with Crippen molar-refractivity contribution >= 4 is 10.8 Å². The molecule has 0 aliphatic heterocycles. The van der Waals surface area contributed by atoms with Gasteiger partial charge in [-0.05, 0) is 46.0 Å². The van der Waals surface area contributed by atoms with Gasteiger partial charge in [-0.2, -0.15) is 0 Å². The number of phenolic OH excluding ortho intramolecular Hbond substituents is 1. The number of phenols is 1. The van der Waals surface area contributed by atoms with Gasteiger partial charge in [-0.15, -0.1) is 0 Å². The number of aromatic hydroxyl groups is 1. The Kier molecular flexibility index (Phi) is 2.16. The molecule has 1 N–H and O–H groups in total. The van der Waals surface area contributed by atoms with Gasteiger partial charge in [-0.3, -0.25) is 0 Å². The molecular formula is C18H14O. The van der Waals surface area contributed by atoms with E-state index in [-0.39, 0.29) is 0 Å². The second-order valence-corrected chi connectivity index (χ2v) is 5.21. The summed E-state index contributed by atoms with van der Waals surface area (Å²) in [4.78, 5) is 0. The van der Waals surface area contributed by atoms with Crippen LogP contribution < -0.4 is 0 Å². The second kappa shape index (κ2) is 3.86. The predicted octanol–water partition coefficient (Wildman–Crippen LogP) is 4.23. The van der Waals surface area contributed by atoms with Gasteiger partial charge in [0.05, 0.1) is 0 Å². The summed E-state index contributed by atoms with van der Waals surface area (Å²) in [6.07, 6.45) is 1.06. The Bertz CT molecular complexity index is 751.